The van der Waals surface area contributed by atoms with Crippen LogP contribution in [0.15, 0.2) is 54.9 Å². The molecule has 0 spiro atoms. The Bertz CT molecular complexity index is 1520. The van der Waals surface area contributed by atoms with E-state index in [-0.39, 0.29) is 42.9 Å². The maximum absolute atomic E-state index is 13.6. The molecular formula is C31H31F6N3O6. The van der Waals surface area contributed by atoms with E-state index in [1.54, 1.807) is 38.4 Å². The second-order valence-corrected chi connectivity index (χ2v) is 10.4. The molecule has 46 heavy (non-hydrogen) atoms. The molecule has 2 aromatic carbocycles. The van der Waals surface area contributed by atoms with Gasteiger partial charge in [-0.3, -0.25) is 14.8 Å². The number of ether oxygens (including phenoxy) is 4. The lowest BCUT2D eigenvalue weighted by molar-refractivity contribution is -0.143. The molecule has 2 amide bonds. The molecule has 0 saturated carbocycles. The highest BCUT2D eigenvalue weighted by molar-refractivity contribution is 5.91. The first-order valence-corrected chi connectivity index (χ1v) is 14.0. The van der Waals surface area contributed by atoms with Crippen molar-refractivity contribution in [3.63, 3.8) is 0 Å². The summed E-state index contributed by atoms with van der Waals surface area (Å²) in [4.78, 5) is 32.7. The molecule has 0 saturated heterocycles. The predicted molar refractivity (Wildman–Crippen MR) is 152 cm³/mol. The molecule has 1 aromatic heterocycles. The number of hydrogen-bond acceptors (Lipinski definition) is 7. The second-order valence-electron chi connectivity index (χ2n) is 10.4. The summed E-state index contributed by atoms with van der Waals surface area (Å²) in [5.41, 5.74) is -2.16. The zero-order valence-corrected chi connectivity index (χ0v) is 25.2. The lowest BCUT2D eigenvalue weighted by Crippen LogP contribution is -2.47. The number of carbonyl (C=O) groups is 2. The quantitative estimate of drug-likeness (QED) is 0.229. The van der Waals surface area contributed by atoms with Crippen LogP contribution in [0.2, 0.25) is 0 Å². The van der Waals surface area contributed by atoms with Gasteiger partial charge in [0.15, 0.2) is 11.5 Å². The molecule has 0 fully saturated rings. The first-order valence-electron chi connectivity index (χ1n) is 14.0. The van der Waals surface area contributed by atoms with Gasteiger partial charge in [-0.1, -0.05) is 0 Å². The normalized spacial score (nSPS) is 16.3. The van der Waals surface area contributed by atoms with Crippen LogP contribution in [0, 0.1) is 0 Å². The van der Waals surface area contributed by atoms with Crippen molar-refractivity contribution in [2.24, 2.45) is 0 Å². The molecule has 15 heteroatoms. The smallest absolute Gasteiger partial charge is 0.416 e. The average Bonchev–Trinajstić information content (AvgIpc) is 3.01. The van der Waals surface area contributed by atoms with Crippen LogP contribution in [0.1, 0.15) is 54.1 Å². The fourth-order valence-corrected chi connectivity index (χ4v) is 5.24. The van der Waals surface area contributed by atoms with Gasteiger partial charge in [0, 0.05) is 36.6 Å². The number of halogens is 6. The van der Waals surface area contributed by atoms with Gasteiger partial charge in [-0.2, -0.15) is 26.3 Å². The number of nitrogens with zero attached hydrogens (tertiary/aromatic N) is 3. The van der Waals surface area contributed by atoms with Crippen LogP contribution in [-0.2, 0) is 35.0 Å². The lowest BCUT2D eigenvalue weighted by Gasteiger charge is -2.42. The Kier molecular flexibility index (Phi) is 10.2. The molecule has 0 aliphatic carbocycles. The maximum Gasteiger partial charge on any atom is 0.416 e. The molecule has 1 aliphatic heterocycles. The second kappa shape index (κ2) is 13.7. The third-order valence-electron chi connectivity index (χ3n) is 7.33. The Balaban J connectivity index is 1.84. The van der Waals surface area contributed by atoms with Gasteiger partial charge in [0.2, 0.25) is 0 Å². The molecule has 0 N–H and O–H groups in total. The van der Waals surface area contributed by atoms with E-state index in [1.807, 2.05) is 0 Å². The van der Waals surface area contributed by atoms with Gasteiger partial charge in [-0.05, 0) is 67.8 Å². The summed E-state index contributed by atoms with van der Waals surface area (Å²) in [6.07, 6.45) is -8.71. The summed E-state index contributed by atoms with van der Waals surface area (Å²) in [5, 5.41) is 0. The van der Waals surface area contributed by atoms with E-state index in [0.717, 1.165) is 17.6 Å². The van der Waals surface area contributed by atoms with Crippen molar-refractivity contribution in [3.05, 3.63) is 82.7 Å². The SMILES string of the molecule is CCOC(=O)N1c2cc(OCc3ccncc3)c(OC)cc2[C@@H](N(Cc2cc(C(F)(F)F)cc(C(F)(F)F)c2)C(=O)OC)C[C@H]1C. The van der Waals surface area contributed by atoms with Crippen molar-refractivity contribution >= 4 is 17.9 Å². The Hall–Kier alpha value is -4.69. The number of anilines is 1. The van der Waals surface area contributed by atoms with Gasteiger partial charge < -0.3 is 18.9 Å². The fraction of sp³-hybridized carbons (Fsp3) is 0.387. The lowest BCUT2D eigenvalue weighted by atomic mass is 9.90. The number of benzene rings is 2. The summed E-state index contributed by atoms with van der Waals surface area (Å²) in [6.45, 7) is 2.75. The van der Waals surface area contributed by atoms with Crippen LogP contribution in [0.3, 0.4) is 0 Å². The van der Waals surface area contributed by atoms with Crippen molar-refractivity contribution in [2.75, 3.05) is 25.7 Å². The van der Waals surface area contributed by atoms with Crippen LogP contribution >= 0.6 is 0 Å². The largest absolute Gasteiger partial charge is 0.493 e. The van der Waals surface area contributed by atoms with Crippen LogP contribution in [0.25, 0.3) is 0 Å². The number of alkyl halides is 6. The molecule has 0 radical (unpaired) electrons. The fourth-order valence-electron chi connectivity index (χ4n) is 5.24. The molecule has 3 aromatic rings. The summed E-state index contributed by atoms with van der Waals surface area (Å²) in [5.74, 6) is 0.414. The molecule has 1 aliphatic rings. The Labute approximate surface area is 260 Å². The minimum absolute atomic E-state index is 0.0134. The Morgan fingerprint density at radius 3 is 2.11 bits per heavy atom. The Morgan fingerprint density at radius 1 is 0.935 bits per heavy atom. The number of methoxy groups -OCH3 is 2. The van der Waals surface area contributed by atoms with Gasteiger partial charge >= 0.3 is 24.5 Å². The van der Waals surface area contributed by atoms with Crippen molar-refractivity contribution in [2.45, 2.75) is 57.9 Å². The highest BCUT2D eigenvalue weighted by atomic mass is 19.4. The molecule has 4 rings (SSSR count). The average molecular weight is 656 g/mol. The number of rotatable bonds is 8. The van der Waals surface area contributed by atoms with Gasteiger partial charge in [0.25, 0.3) is 0 Å². The van der Waals surface area contributed by atoms with Gasteiger partial charge in [-0.25, -0.2) is 9.59 Å². The predicted octanol–water partition coefficient (Wildman–Crippen LogP) is 7.77. The highest BCUT2D eigenvalue weighted by Crippen LogP contribution is 2.47. The minimum atomic E-state index is -5.09. The number of fused-ring (bicyclic) bond motifs is 1. The van der Waals surface area contributed by atoms with Crippen LogP contribution in [0.4, 0.5) is 41.6 Å². The molecule has 0 bridgehead atoms. The van der Waals surface area contributed by atoms with E-state index in [2.05, 4.69) is 4.98 Å². The van der Waals surface area contributed by atoms with Gasteiger partial charge in [0.05, 0.1) is 43.7 Å². The molecule has 9 nitrogen and oxygen atoms in total. The third-order valence-corrected chi connectivity index (χ3v) is 7.33. The van der Waals surface area contributed by atoms with Crippen molar-refractivity contribution in [1.29, 1.82) is 0 Å². The molecule has 248 valence electrons. The molecule has 2 heterocycles. The summed E-state index contributed by atoms with van der Waals surface area (Å²) < 4.78 is 104. The van der Waals surface area contributed by atoms with E-state index in [1.165, 1.54) is 24.1 Å². The van der Waals surface area contributed by atoms with Gasteiger partial charge in [-0.15, -0.1) is 0 Å². The number of aromatic nitrogens is 1. The first kappa shape index (κ1) is 34.2. The number of carbonyl (C=O) groups excluding carboxylic acids is 2. The van der Waals surface area contributed by atoms with Gasteiger partial charge in [0.1, 0.15) is 6.61 Å². The van der Waals surface area contributed by atoms with E-state index in [9.17, 15) is 35.9 Å². The number of hydrogen-bond donors (Lipinski definition) is 0. The molecule has 2 atom stereocenters. The van der Waals surface area contributed by atoms with Crippen molar-refractivity contribution < 1.29 is 54.9 Å². The maximum atomic E-state index is 13.6. The first-order chi connectivity index (χ1) is 21.7. The topological polar surface area (TPSA) is 90.4 Å². The Morgan fingerprint density at radius 2 is 1.57 bits per heavy atom. The number of amides is 2. The monoisotopic (exact) mass is 655 g/mol. The van der Waals surface area contributed by atoms with E-state index in [4.69, 9.17) is 18.9 Å². The number of pyridine rings is 1. The summed E-state index contributed by atoms with van der Waals surface area (Å²) in [6, 6.07) is 5.96. The third kappa shape index (κ3) is 7.57. The molecule has 0 unspecified atom stereocenters. The van der Waals surface area contributed by atoms with Crippen LogP contribution in [-0.4, -0.2) is 48.9 Å². The van der Waals surface area contributed by atoms with Crippen molar-refractivity contribution in [1.82, 2.24) is 9.88 Å². The summed E-state index contributed by atoms with van der Waals surface area (Å²) in [7, 11) is 2.40. The standard InChI is InChI=1S/C31H31F6N3O6/c1-5-45-29(42)40-18(2)10-24(23-14-26(43-3)27(15-25(23)40)46-17-19-6-8-38-9-7-19)39(28(41)44-4)16-20-11-21(30(32,33)34)13-22(12-20)31(35,36)37/h6-9,11-15,18,24H,5,10,16-17H2,1-4H3/t18-,24+/m1/s1. The van der Waals surface area contributed by atoms with E-state index in [0.29, 0.717) is 17.7 Å². The minimum Gasteiger partial charge on any atom is -0.493 e. The van der Waals surface area contributed by atoms with E-state index >= 15 is 0 Å². The van der Waals surface area contributed by atoms with Crippen molar-refractivity contribution in [3.8, 4) is 11.5 Å². The van der Waals surface area contributed by atoms with E-state index < -0.39 is 59.9 Å². The zero-order chi connectivity index (χ0) is 33.8. The summed E-state index contributed by atoms with van der Waals surface area (Å²) >= 11 is 0. The van der Waals surface area contributed by atoms with Crippen LogP contribution < -0.4 is 14.4 Å². The highest BCUT2D eigenvalue weighted by Gasteiger charge is 2.42. The zero-order valence-electron chi connectivity index (χ0n) is 25.2. The van der Waals surface area contributed by atoms with Crippen LogP contribution in [0.5, 0.6) is 11.5 Å². The molecular weight excluding hydrogens is 624 g/mol.